The van der Waals surface area contributed by atoms with E-state index in [1.165, 1.54) is 25.7 Å². The molecule has 1 fully saturated rings. The van der Waals surface area contributed by atoms with Gasteiger partial charge in [0.2, 0.25) is 0 Å². The van der Waals surface area contributed by atoms with Gasteiger partial charge in [0.1, 0.15) is 0 Å². The molecular weight excluding hydrogens is 340 g/mol. The number of β-amino-alcohol motifs (C(OH)–C–C–N with tert-alkyl or cyclic N) is 1. The summed E-state index contributed by atoms with van der Waals surface area (Å²) in [6.45, 7) is 4.82. The summed E-state index contributed by atoms with van der Waals surface area (Å²) in [5.41, 5.74) is 2.99. The van der Waals surface area contributed by atoms with Crippen LogP contribution in [-0.2, 0) is 0 Å². The van der Waals surface area contributed by atoms with Crippen molar-refractivity contribution in [3.8, 4) is 11.3 Å². The molecule has 1 aromatic carbocycles. The van der Waals surface area contributed by atoms with Gasteiger partial charge in [-0.05, 0) is 57.1 Å². The second-order valence-corrected chi connectivity index (χ2v) is 7.22. The SMILES string of the molecule is Cc1ccc(-c2cccc(C(=O)NC[C@H](O)CN3CCCCCC3)c2)nn1. The molecule has 2 heterocycles. The number of nitrogens with one attached hydrogen (secondary N) is 1. The Kier molecular flexibility index (Phi) is 6.90. The summed E-state index contributed by atoms with van der Waals surface area (Å²) in [6.07, 6.45) is 4.36. The molecule has 2 N–H and O–H groups in total. The standard InChI is InChI=1S/C21H28N4O2/c1-16-9-10-20(24-23-16)17-7-6-8-18(13-17)21(27)22-14-19(26)15-25-11-4-2-3-5-12-25/h6-10,13,19,26H,2-5,11-12,14-15H2,1H3,(H,22,27)/t19-/m0/s1. The van der Waals surface area contributed by atoms with Crippen LogP contribution in [0.25, 0.3) is 11.3 Å². The number of carbonyl (C=O) groups is 1. The van der Waals surface area contributed by atoms with Crippen LogP contribution in [0.3, 0.4) is 0 Å². The van der Waals surface area contributed by atoms with Crippen LogP contribution >= 0.6 is 0 Å². The molecule has 27 heavy (non-hydrogen) atoms. The van der Waals surface area contributed by atoms with Gasteiger partial charge in [-0.2, -0.15) is 10.2 Å². The molecule has 2 aromatic rings. The zero-order valence-electron chi connectivity index (χ0n) is 15.9. The maximum atomic E-state index is 12.5. The van der Waals surface area contributed by atoms with Crippen molar-refractivity contribution >= 4 is 5.91 Å². The van der Waals surface area contributed by atoms with Gasteiger partial charge < -0.3 is 15.3 Å². The molecule has 3 rings (SSSR count). The highest BCUT2D eigenvalue weighted by Crippen LogP contribution is 2.17. The Morgan fingerprint density at radius 2 is 1.93 bits per heavy atom. The Hall–Kier alpha value is -2.31. The maximum Gasteiger partial charge on any atom is 0.251 e. The summed E-state index contributed by atoms with van der Waals surface area (Å²) >= 11 is 0. The van der Waals surface area contributed by atoms with E-state index in [0.29, 0.717) is 12.1 Å². The third-order valence-electron chi connectivity index (χ3n) is 4.88. The van der Waals surface area contributed by atoms with Crippen molar-refractivity contribution in [2.45, 2.75) is 38.7 Å². The van der Waals surface area contributed by atoms with Crippen LogP contribution in [-0.4, -0.2) is 58.4 Å². The first-order valence-electron chi connectivity index (χ1n) is 9.71. The van der Waals surface area contributed by atoms with E-state index in [9.17, 15) is 9.90 Å². The fraction of sp³-hybridized carbons (Fsp3) is 0.476. The van der Waals surface area contributed by atoms with Crippen molar-refractivity contribution in [2.24, 2.45) is 0 Å². The number of aryl methyl sites for hydroxylation is 1. The first kappa shape index (κ1) is 19.5. The molecule has 6 nitrogen and oxygen atoms in total. The van der Waals surface area contributed by atoms with Crippen LogP contribution in [0, 0.1) is 6.92 Å². The molecule has 1 saturated heterocycles. The van der Waals surface area contributed by atoms with Crippen molar-refractivity contribution in [1.29, 1.82) is 0 Å². The molecular formula is C21H28N4O2. The number of aliphatic hydroxyl groups is 1. The van der Waals surface area contributed by atoms with Gasteiger partial charge in [-0.3, -0.25) is 4.79 Å². The average Bonchev–Trinajstić information content (AvgIpc) is 2.95. The molecule has 1 aliphatic heterocycles. The van der Waals surface area contributed by atoms with Gasteiger partial charge in [-0.25, -0.2) is 0 Å². The Balaban J connectivity index is 1.54. The molecule has 0 spiro atoms. The van der Waals surface area contributed by atoms with Gasteiger partial charge in [0.15, 0.2) is 0 Å². The van der Waals surface area contributed by atoms with E-state index in [1.54, 1.807) is 12.1 Å². The van der Waals surface area contributed by atoms with Crippen molar-refractivity contribution in [3.63, 3.8) is 0 Å². The first-order chi connectivity index (χ1) is 13.1. The molecule has 0 radical (unpaired) electrons. The predicted octanol–water partition coefficient (Wildman–Crippen LogP) is 2.42. The van der Waals surface area contributed by atoms with Crippen molar-refractivity contribution < 1.29 is 9.90 Å². The van der Waals surface area contributed by atoms with Crippen LogP contribution in [0.2, 0.25) is 0 Å². The lowest BCUT2D eigenvalue weighted by Crippen LogP contribution is -2.40. The fourth-order valence-corrected chi connectivity index (χ4v) is 3.37. The van der Waals surface area contributed by atoms with Gasteiger partial charge in [-0.15, -0.1) is 0 Å². The number of hydrogen-bond donors (Lipinski definition) is 2. The van der Waals surface area contributed by atoms with Crippen LogP contribution in [0.15, 0.2) is 36.4 Å². The lowest BCUT2D eigenvalue weighted by molar-refractivity contribution is 0.0862. The van der Waals surface area contributed by atoms with Gasteiger partial charge in [-0.1, -0.05) is 25.0 Å². The van der Waals surface area contributed by atoms with Gasteiger partial charge in [0, 0.05) is 24.2 Å². The quantitative estimate of drug-likeness (QED) is 0.819. The highest BCUT2D eigenvalue weighted by atomic mass is 16.3. The molecule has 0 saturated carbocycles. The smallest absolute Gasteiger partial charge is 0.251 e. The Morgan fingerprint density at radius 1 is 1.15 bits per heavy atom. The van der Waals surface area contributed by atoms with Gasteiger partial charge >= 0.3 is 0 Å². The number of aliphatic hydroxyl groups excluding tert-OH is 1. The zero-order valence-corrected chi connectivity index (χ0v) is 15.9. The average molecular weight is 368 g/mol. The summed E-state index contributed by atoms with van der Waals surface area (Å²) in [5, 5.41) is 21.3. The van der Waals surface area contributed by atoms with E-state index < -0.39 is 6.10 Å². The van der Waals surface area contributed by atoms with Gasteiger partial charge in [0.05, 0.1) is 17.5 Å². The minimum Gasteiger partial charge on any atom is -0.390 e. The van der Waals surface area contributed by atoms with Crippen LogP contribution in [0.5, 0.6) is 0 Å². The monoisotopic (exact) mass is 368 g/mol. The molecule has 1 aromatic heterocycles. The predicted molar refractivity (Wildman–Crippen MR) is 105 cm³/mol. The second kappa shape index (κ2) is 9.58. The van der Waals surface area contributed by atoms with E-state index in [2.05, 4.69) is 20.4 Å². The Labute approximate surface area is 160 Å². The van der Waals surface area contributed by atoms with Crippen molar-refractivity contribution in [3.05, 3.63) is 47.7 Å². The van der Waals surface area contributed by atoms with Gasteiger partial charge in [0.25, 0.3) is 5.91 Å². The summed E-state index contributed by atoms with van der Waals surface area (Å²) < 4.78 is 0. The molecule has 0 unspecified atom stereocenters. The molecule has 6 heteroatoms. The van der Waals surface area contributed by atoms with Crippen molar-refractivity contribution in [2.75, 3.05) is 26.2 Å². The minimum atomic E-state index is -0.557. The Bertz CT molecular complexity index is 740. The number of nitrogens with zero attached hydrogens (tertiary/aromatic N) is 3. The van der Waals surface area contributed by atoms with E-state index in [-0.39, 0.29) is 12.5 Å². The number of amides is 1. The zero-order chi connectivity index (χ0) is 19.1. The largest absolute Gasteiger partial charge is 0.390 e. The van der Waals surface area contributed by atoms with E-state index >= 15 is 0 Å². The van der Waals surface area contributed by atoms with Crippen LogP contribution < -0.4 is 5.32 Å². The number of benzene rings is 1. The maximum absolute atomic E-state index is 12.5. The molecule has 1 aliphatic rings. The fourth-order valence-electron chi connectivity index (χ4n) is 3.37. The number of likely N-dealkylation sites (tertiary alicyclic amines) is 1. The summed E-state index contributed by atoms with van der Waals surface area (Å²) in [7, 11) is 0. The summed E-state index contributed by atoms with van der Waals surface area (Å²) in [6, 6.07) is 11.1. The molecule has 1 atom stereocenters. The summed E-state index contributed by atoms with van der Waals surface area (Å²) in [4.78, 5) is 14.8. The number of aromatic nitrogens is 2. The molecule has 1 amide bonds. The highest BCUT2D eigenvalue weighted by molar-refractivity contribution is 5.95. The van der Waals surface area contributed by atoms with Crippen molar-refractivity contribution in [1.82, 2.24) is 20.4 Å². The molecule has 144 valence electrons. The van der Waals surface area contributed by atoms with Crippen LogP contribution in [0.4, 0.5) is 0 Å². The Morgan fingerprint density at radius 3 is 2.63 bits per heavy atom. The number of rotatable bonds is 6. The minimum absolute atomic E-state index is 0.188. The normalized spacial score (nSPS) is 16.5. The lowest BCUT2D eigenvalue weighted by Gasteiger charge is -2.23. The number of carbonyl (C=O) groups excluding carboxylic acids is 1. The topological polar surface area (TPSA) is 78.4 Å². The third kappa shape index (κ3) is 5.84. The number of hydrogen-bond acceptors (Lipinski definition) is 5. The van der Waals surface area contributed by atoms with Crippen LogP contribution in [0.1, 0.15) is 41.7 Å². The molecule has 0 bridgehead atoms. The highest BCUT2D eigenvalue weighted by Gasteiger charge is 2.15. The van der Waals surface area contributed by atoms with E-state index in [0.717, 1.165) is 30.0 Å². The lowest BCUT2D eigenvalue weighted by atomic mass is 10.1. The summed E-state index contributed by atoms with van der Waals surface area (Å²) in [5.74, 6) is -0.188. The molecule has 0 aliphatic carbocycles. The second-order valence-electron chi connectivity index (χ2n) is 7.22. The first-order valence-corrected chi connectivity index (χ1v) is 9.71. The van der Waals surface area contributed by atoms with E-state index in [1.807, 2.05) is 31.2 Å². The third-order valence-corrected chi connectivity index (χ3v) is 4.88. The van der Waals surface area contributed by atoms with E-state index in [4.69, 9.17) is 0 Å².